The van der Waals surface area contributed by atoms with E-state index in [1.807, 2.05) is 0 Å². The van der Waals surface area contributed by atoms with Crippen LogP contribution in [0.15, 0.2) is 23.7 Å². The summed E-state index contributed by atoms with van der Waals surface area (Å²) in [4.78, 5) is 0. The molecule has 6 rings (SSSR count). The zero-order valence-electron chi connectivity index (χ0n) is 46.5. The van der Waals surface area contributed by atoms with Crippen molar-refractivity contribution in [2.24, 2.45) is 45.9 Å². The molecule has 0 amide bonds. The lowest BCUT2D eigenvalue weighted by Gasteiger charge is -2.48. The SMILES string of the molecule is CN[C@@H]1[C@@H](O)[C@@H](O[C@@H]2[C@@H](O)[C@H](O[C@H]3OC(CN)=CC[C@H]3N)[C@@H](N)C[C@H]2N)OC[C@]1(C)O.CN[C@@H]1[C@@H](O)[C@@H](O[C@H]2[C@H](N)C[C@H](N)C(O[C@H]3OC(CN)=CC[C@H]3N)[C@@H]2O)OC[C@]1(C)O.O=S(=O)(O)O.O=S(=O)(O)O.O=S(=O)(O)O.O=S(=O)(O)O.O=S(=O)(O)O. The van der Waals surface area contributed by atoms with Gasteiger partial charge >= 0.3 is 52.0 Å². The summed E-state index contributed by atoms with van der Waals surface area (Å²) in [6.45, 7) is 3.36. The summed E-state index contributed by atoms with van der Waals surface area (Å²) in [6, 6.07) is -4.74. The van der Waals surface area contributed by atoms with Crippen molar-refractivity contribution < 1.29 is 156 Å². The minimum Gasteiger partial charge on any atom is -0.467 e. The van der Waals surface area contributed by atoms with Gasteiger partial charge in [-0.15, -0.1) is 0 Å². The molecular weight excluding hydrogens is 1300 g/mol. The second-order valence-corrected chi connectivity index (χ2v) is 24.3. The molecule has 44 nitrogen and oxygen atoms in total. The van der Waals surface area contributed by atoms with Gasteiger partial charge in [0.1, 0.15) is 71.6 Å². The highest BCUT2D eigenvalue weighted by Gasteiger charge is 2.53. The number of likely N-dealkylation sites (N-methyl/N-ethyl adjacent to an activating group) is 2. The third-order valence-electron chi connectivity index (χ3n) is 12.4. The number of nitrogens with two attached hydrogens (primary N) is 8. The third-order valence-corrected chi connectivity index (χ3v) is 12.4. The Morgan fingerprint density at radius 2 is 0.667 bits per heavy atom. The van der Waals surface area contributed by atoms with Crippen LogP contribution in [0.2, 0.25) is 0 Å². The zero-order valence-corrected chi connectivity index (χ0v) is 50.6. The first-order chi connectivity index (χ1) is 39.2. The molecular formula is C38H84N10O34S5. The molecule has 4 fully saturated rings. The van der Waals surface area contributed by atoms with E-state index in [4.69, 9.17) is 171 Å². The Kier molecular flexibility index (Phi) is 35.1. The summed E-state index contributed by atoms with van der Waals surface area (Å²) in [6.07, 6.45) is -7.13. The van der Waals surface area contributed by atoms with Crippen LogP contribution in [-0.2, 0) is 89.9 Å². The molecule has 520 valence electrons. The summed E-state index contributed by atoms with van der Waals surface area (Å²) in [7, 11) is -20.1. The van der Waals surface area contributed by atoms with E-state index >= 15 is 0 Å². The standard InChI is InChI=1S/2C19H37N5O7.5H2O4S/c2*1-19(27)7-28-18(13(26)16(19)24-2)31-15-11(23)5-10(22)14(12(15)25)30-17-9(21)4-3-8(6-20)29-17;5*1-5(2,3)4/h2*3,9-18,24-27H,4-7,20-23H2,1-2H3;5*(H2,1,2,3,4)/t9-,10+,11-,12+,13-,14?,15+,16-,17-,18-,19+;9-,10+,11-,12+,13-,14-,15+,16-,17-,18-,19+;;;;;/m11...../s1. The van der Waals surface area contributed by atoms with Crippen LogP contribution in [0.25, 0.3) is 0 Å². The number of hydrogen-bond donors (Lipinski definition) is 26. The minimum absolute atomic E-state index is 0.0727. The van der Waals surface area contributed by atoms with Gasteiger partial charge < -0.3 is 125 Å². The second kappa shape index (κ2) is 36.1. The fourth-order valence-corrected chi connectivity index (χ4v) is 8.88. The Bertz CT molecular complexity index is 2390. The van der Waals surface area contributed by atoms with E-state index in [1.54, 1.807) is 40.1 Å². The molecule has 0 aromatic carbocycles. The van der Waals surface area contributed by atoms with Crippen molar-refractivity contribution in [3.05, 3.63) is 23.7 Å². The van der Waals surface area contributed by atoms with Crippen LogP contribution in [0, 0.1) is 0 Å². The van der Waals surface area contributed by atoms with Crippen LogP contribution < -0.4 is 56.5 Å². The molecule has 0 spiro atoms. The van der Waals surface area contributed by atoms with Crippen LogP contribution in [0.4, 0.5) is 0 Å². The zero-order chi connectivity index (χ0) is 68.3. The number of aliphatic hydroxyl groups is 6. The summed E-state index contributed by atoms with van der Waals surface area (Å²) in [5.41, 5.74) is 45.7. The molecule has 34 N–H and O–H groups in total. The van der Waals surface area contributed by atoms with Crippen molar-refractivity contribution in [2.75, 3.05) is 40.4 Å². The highest BCUT2D eigenvalue weighted by atomic mass is 32.3. The molecule has 0 aromatic rings. The Balaban J connectivity index is 0.00000122. The average molecular weight is 1390 g/mol. The molecule has 0 radical (unpaired) electrons. The number of aliphatic hydroxyl groups excluding tert-OH is 4. The van der Waals surface area contributed by atoms with E-state index in [9.17, 15) is 30.6 Å². The maximum atomic E-state index is 11.0. The molecule has 22 atom stereocenters. The van der Waals surface area contributed by atoms with Gasteiger partial charge in [0.15, 0.2) is 12.6 Å². The summed E-state index contributed by atoms with van der Waals surface area (Å²) in [5.74, 6) is 1.11. The second-order valence-electron chi connectivity index (χ2n) is 19.9. The Morgan fingerprint density at radius 1 is 0.448 bits per heavy atom. The molecule has 2 aliphatic carbocycles. The van der Waals surface area contributed by atoms with E-state index in [-0.39, 0.29) is 26.3 Å². The fourth-order valence-electron chi connectivity index (χ4n) is 8.88. The largest absolute Gasteiger partial charge is 0.467 e. The first kappa shape index (κ1) is 84.5. The Labute approximate surface area is 500 Å². The average Bonchev–Trinajstić information content (AvgIpc) is 1.34. The number of rotatable bonds is 12. The molecule has 0 aromatic heterocycles. The van der Waals surface area contributed by atoms with Crippen molar-refractivity contribution in [3.63, 3.8) is 0 Å². The van der Waals surface area contributed by atoms with E-state index in [0.717, 1.165) is 0 Å². The minimum atomic E-state index is -4.67. The first-order valence-corrected chi connectivity index (χ1v) is 31.7. The van der Waals surface area contributed by atoms with Crippen LogP contribution in [0.1, 0.15) is 39.5 Å². The maximum Gasteiger partial charge on any atom is 0.394 e. The molecule has 87 heavy (non-hydrogen) atoms. The van der Waals surface area contributed by atoms with Crippen LogP contribution in [-0.4, -0.2) is 292 Å². The molecule has 49 heteroatoms. The third kappa shape index (κ3) is 34.2. The Morgan fingerprint density at radius 3 is 0.874 bits per heavy atom. The molecule has 4 heterocycles. The van der Waals surface area contributed by atoms with E-state index < -0.39 is 186 Å². The van der Waals surface area contributed by atoms with Crippen molar-refractivity contribution >= 4 is 52.0 Å². The maximum absolute atomic E-state index is 11.0. The van der Waals surface area contributed by atoms with Crippen molar-refractivity contribution in [1.29, 1.82) is 0 Å². The van der Waals surface area contributed by atoms with Crippen LogP contribution >= 0.6 is 0 Å². The highest BCUT2D eigenvalue weighted by molar-refractivity contribution is 7.80. The number of nitrogens with one attached hydrogen (secondary N) is 2. The normalized spacial score (nSPS) is 38.1. The first-order valence-electron chi connectivity index (χ1n) is 24.7. The van der Waals surface area contributed by atoms with Crippen LogP contribution in [0.3, 0.4) is 0 Å². The van der Waals surface area contributed by atoms with Crippen LogP contribution in [0.5, 0.6) is 0 Å². The lowest BCUT2D eigenvalue weighted by atomic mass is 9.84. The van der Waals surface area contributed by atoms with Gasteiger partial charge in [-0.25, -0.2) is 0 Å². The molecule has 2 saturated carbocycles. The monoisotopic (exact) mass is 1380 g/mol. The van der Waals surface area contributed by atoms with E-state index in [0.29, 0.717) is 37.2 Å². The summed E-state index contributed by atoms with van der Waals surface area (Å²) < 4.78 is 204. The van der Waals surface area contributed by atoms with Crippen molar-refractivity contribution in [2.45, 2.75) is 173 Å². The molecule has 6 aliphatic rings. The van der Waals surface area contributed by atoms with Gasteiger partial charge in [-0.1, -0.05) is 0 Å². The topological polar surface area (TPSA) is 800 Å². The van der Waals surface area contributed by atoms with Gasteiger partial charge in [0.2, 0.25) is 12.6 Å². The van der Waals surface area contributed by atoms with Gasteiger partial charge in [-0.3, -0.25) is 45.5 Å². The summed E-state index contributed by atoms with van der Waals surface area (Å²) in [5, 5.41) is 69.8. The van der Waals surface area contributed by atoms with Crippen molar-refractivity contribution in [3.8, 4) is 0 Å². The number of hydrogen-bond acceptors (Lipinski definition) is 34. The van der Waals surface area contributed by atoms with E-state index in [2.05, 4.69) is 10.6 Å². The number of ether oxygens (including phenoxy) is 8. The summed E-state index contributed by atoms with van der Waals surface area (Å²) >= 11 is 0. The van der Waals surface area contributed by atoms with Gasteiger partial charge in [-0.2, -0.15) is 42.1 Å². The fraction of sp³-hybridized carbons (Fsp3) is 0.895. The van der Waals surface area contributed by atoms with Gasteiger partial charge in [0.05, 0.1) is 50.5 Å². The quantitative estimate of drug-likeness (QED) is 0.0807. The lowest BCUT2D eigenvalue weighted by molar-refractivity contribution is -0.303. The predicted octanol–water partition coefficient (Wildman–Crippen LogP) is -11.0. The van der Waals surface area contributed by atoms with Gasteiger partial charge in [0.25, 0.3) is 0 Å². The lowest BCUT2D eigenvalue weighted by Crippen LogP contribution is -2.68. The molecule has 2 saturated heterocycles. The molecule has 4 aliphatic heterocycles. The predicted molar refractivity (Wildman–Crippen MR) is 291 cm³/mol. The van der Waals surface area contributed by atoms with Gasteiger partial charge in [0, 0.05) is 24.2 Å². The van der Waals surface area contributed by atoms with Crippen molar-refractivity contribution in [1.82, 2.24) is 10.6 Å². The molecule has 1 unspecified atom stereocenters. The Hall–Kier alpha value is -2.45. The smallest absolute Gasteiger partial charge is 0.394 e. The molecule has 0 bridgehead atoms. The highest BCUT2D eigenvalue weighted by Crippen LogP contribution is 2.33. The van der Waals surface area contributed by atoms with E-state index in [1.165, 1.54) is 0 Å². The van der Waals surface area contributed by atoms with Gasteiger partial charge in [-0.05, 0) is 65.8 Å².